The van der Waals surface area contributed by atoms with Crippen LogP contribution in [0, 0.1) is 16.0 Å². The molecule has 1 heterocycles. The van der Waals surface area contributed by atoms with E-state index in [-0.39, 0.29) is 17.5 Å². The topological polar surface area (TPSA) is 93.5 Å². The predicted molar refractivity (Wildman–Crippen MR) is 73.9 cm³/mol. The fourth-order valence-electron chi connectivity index (χ4n) is 2.22. The minimum Gasteiger partial charge on any atom is -0.494 e. The molecule has 0 unspecified atom stereocenters. The highest BCUT2D eigenvalue weighted by Crippen LogP contribution is 2.29. The summed E-state index contributed by atoms with van der Waals surface area (Å²) in [5.74, 6) is 0.191. The zero-order chi connectivity index (χ0) is 14.5. The van der Waals surface area contributed by atoms with Gasteiger partial charge in [-0.15, -0.1) is 0 Å². The zero-order valence-corrected chi connectivity index (χ0v) is 11.2. The molecular weight excluding hydrogens is 262 g/mol. The number of ether oxygens (including phenoxy) is 1. The van der Waals surface area contributed by atoms with Crippen molar-refractivity contribution in [3.8, 4) is 5.75 Å². The van der Waals surface area contributed by atoms with Crippen LogP contribution in [0.4, 0.5) is 11.4 Å². The van der Waals surface area contributed by atoms with Gasteiger partial charge in [0.15, 0.2) is 0 Å². The molecule has 1 aliphatic heterocycles. The van der Waals surface area contributed by atoms with Gasteiger partial charge in [-0.1, -0.05) is 0 Å². The molecule has 2 N–H and O–H groups in total. The molecule has 0 atom stereocenters. The molecule has 1 aliphatic rings. The van der Waals surface area contributed by atoms with Crippen LogP contribution in [0.1, 0.15) is 12.8 Å². The number of rotatable bonds is 4. The number of hydrogen-bond acceptors (Lipinski definition) is 5. The van der Waals surface area contributed by atoms with Gasteiger partial charge < -0.3 is 15.4 Å². The molecule has 0 saturated carbocycles. The number of carbonyl (C=O) groups excluding carboxylic acids is 1. The molecule has 0 bridgehead atoms. The standard InChI is InChI=1S/C13H17N3O4/c1-20-12-8-10(16(18)19)2-3-11(12)15-13(17)9-4-6-14-7-5-9/h2-3,8-9,14H,4-7H2,1H3,(H,15,17). The molecule has 1 fully saturated rings. The molecule has 7 nitrogen and oxygen atoms in total. The number of nitro groups is 1. The van der Waals surface area contributed by atoms with Crippen LogP contribution in [0.2, 0.25) is 0 Å². The summed E-state index contributed by atoms with van der Waals surface area (Å²) in [5, 5.41) is 16.7. The van der Waals surface area contributed by atoms with Crippen LogP contribution >= 0.6 is 0 Å². The van der Waals surface area contributed by atoms with Crippen molar-refractivity contribution in [1.29, 1.82) is 0 Å². The number of methoxy groups -OCH3 is 1. The second-order valence-electron chi connectivity index (χ2n) is 4.66. The Morgan fingerprint density at radius 1 is 1.45 bits per heavy atom. The van der Waals surface area contributed by atoms with Crippen LogP contribution in [0.3, 0.4) is 0 Å². The van der Waals surface area contributed by atoms with Gasteiger partial charge in [-0.25, -0.2) is 0 Å². The van der Waals surface area contributed by atoms with Crippen LogP contribution in [0.15, 0.2) is 18.2 Å². The summed E-state index contributed by atoms with van der Waals surface area (Å²) in [5.41, 5.74) is 0.392. The highest BCUT2D eigenvalue weighted by Gasteiger charge is 2.22. The van der Waals surface area contributed by atoms with Crippen molar-refractivity contribution in [2.75, 3.05) is 25.5 Å². The summed E-state index contributed by atoms with van der Waals surface area (Å²) in [4.78, 5) is 22.3. The lowest BCUT2D eigenvalue weighted by molar-refractivity contribution is -0.384. The molecule has 1 aromatic carbocycles. The normalized spacial score (nSPS) is 15.7. The van der Waals surface area contributed by atoms with Gasteiger partial charge in [0.1, 0.15) is 5.75 Å². The van der Waals surface area contributed by atoms with Crippen molar-refractivity contribution in [2.24, 2.45) is 5.92 Å². The summed E-state index contributed by atoms with van der Waals surface area (Å²) in [7, 11) is 1.42. The third-order valence-electron chi connectivity index (χ3n) is 3.36. The van der Waals surface area contributed by atoms with E-state index in [1.807, 2.05) is 0 Å². The van der Waals surface area contributed by atoms with E-state index in [4.69, 9.17) is 4.74 Å². The molecule has 0 spiro atoms. The van der Waals surface area contributed by atoms with E-state index < -0.39 is 4.92 Å². The fraction of sp³-hybridized carbons (Fsp3) is 0.462. The van der Waals surface area contributed by atoms with E-state index in [1.165, 1.54) is 25.3 Å². The van der Waals surface area contributed by atoms with Gasteiger partial charge in [0.05, 0.1) is 23.8 Å². The fourth-order valence-corrected chi connectivity index (χ4v) is 2.22. The molecule has 2 rings (SSSR count). The predicted octanol–water partition coefficient (Wildman–Crippen LogP) is 1.54. The molecule has 108 valence electrons. The van der Waals surface area contributed by atoms with E-state index in [0.29, 0.717) is 11.4 Å². The molecule has 1 amide bonds. The van der Waals surface area contributed by atoms with Crippen LogP contribution in [0.5, 0.6) is 5.75 Å². The first-order valence-electron chi connectivity index (χ1n) is 6.46. The lowest BCUT2D eigenvalue weighted by Crippen LogP contribution is -2.34. The molecule has 1 saturated heterocycles. The minimum atomic E-state index is -0.499. The Balaban J connectivity index is 2.11. The van der Waals surface area contributed by atoms with Gasteiger partial charge >= 0.3 is 0 Å². The number of nitro benzene ring substituents is 1. The second kappa shape index (κ2) is 6.33. The second-order valence-corrected chi connectivity index (χ2v) is 4.66. The van der Waals surface area contributed by atoms with Crippen molar-refractivity contribution < 1.29 is 14.5 Å². The van der Waals surface area contributed by atoms with Gasteiger partial charge in [-0.2, -0.15) is 0 Å². The Morgan fingerprint density at radius 2 is 2.15 bits per heavy atom. The number of benzene rings is 1. The first-order valence-corrected chi connectivity index (χ1v) is 6.46. The minimum absolute atomic E-state index is 0.0313. The maximum atomic E-state index is 12.1. The number of nitrogens with zero attached hydrogens (tertiary/aromatic N) is 1. The van der Waals surface area contributed by atoms with Crippen LogP contribution in [-0.4, -0.2) is 31.0 Å². The van der Waals surface area contributed by atoms with E-state index >= 15 is 0 Å². The Hall–Kier alpha value is -2.15. The Morgan fingerprint density at radius 3 is 2.75 bits per heavy atom. The molecule has 20 heavy (non-hydrogen) atoms. The van der Waals surface area contributed by atoms with Gasteiger partial charge in [0, 0.05) is 12.0 Å². The average molecular weight is 279 g/mol. The average Bonchev–Trinajstić information content (AvgIpc) is 2.48. The molecule has 0 aromatic heterocycles. The summed E-state index contributed by atoms with van der Waals surface area (Å²) in [6.07, 6.45) is 1.59. The molecular formula is C13H17N3O4. The Labute approximate surface area is 116 Å². The summed E-state index contributed by atoms with van der Waals surface area (Å²) in [6, 6.07) is 4.15. The van der Waals surface area contributed by atoms with Gasteiger partial charge in [0.25, 0.3) is 5.69 Å². The van der Waals surface area contributed by atoms with Crippen molar-refractivity contribution in [3.05, 3.63) is 28.3 Å². The molecule has 0 aliphatic carbocycles. The van der Waals surface area contributed by atoms with Gasteiger partial charge in [0.2, 0.25) is 5.91 Å². The monoisotopic (exact) mass is 279 g/mol. The SMILES string of the molecule is COc1cc([N+](=O)[O-])ccc1NC(=O)C1CCNCC1. The van der Waals surface area contributed by atoms with E-state index in [0.717, 1.165) is 25.9 Å². The summed E-state index contributed by atoms with van der Waals surface area (Å²) >= 11 is 0. The number of piperidine rings is 1. The zero-order valence-electron chi connectivity index (χ0n) is 11.2. The van der Waals surface area contributed by atoms with Crippen LogP contribution in [0.25, 0.3) is 0 Å². The molecule has 1 aromatic rings. The largest absolute Gasteiger partial charge is 0.494 e. The highest BCUT2D eigenvalue weighted by atomic mass is 16.6. The number of hydrogen-bond donors (Lipinski definition) is 2. The number of nitrogens with one attached hydrogen (secondary N) is 2. The third-order valence-corrected chi connectivity index (χ3v) is 3.36. The van der Waals surface area contributed by atoms with Crippen molar-refractivity contribution in [2.45, 2.75) is 12.8 Å². The maximum absolute atomic E-state index is 12.1. The molecule has 7 heteroatoms. The number of anilines is 1. The van der Waals surface area contributed by atoms with Crippen molar-refractivity contribution >= 4 is 17.3 Å². The van der Waals surface area contributed by atoms with E-state index in [9.17, 15) is 14.9 Å². The lowest BCUT2D eigenvalue weighted by Gasteiger charge is -2.22. The van der Waals surface area contributed by atoms with Crippen molar-refractivity contribution in [3.63, 3.8) is 0 Å². The maximum Gasteiger partial charge on any atom is 0.273 e. The quantitative estimate of drug-likeness (QED) is 0.644. The van der Waals surface area contributed by atoms with Crippen molar-refractivity contribution in [1.82, 2.24) is 5.32 Å². The van der Waals surface area contributed by atoms with Gasteiger partial charge in [-0.3, -0.25) is 14.9 Å². The lowest BCUT2D eigenvalue weighted by atomic mass is 9.97. The number of amides is 1. The smallest absolute Gasteiger partial charge is 0.273 e. The van der Waals surface area contributed by atoms with E-state index in [1.54, 1.807) is 0 Å². The third kappa shape index (κ3) is 3.24. The Bertz CT molecular complexity index is 512. The summed E-state index contributed by atoms with van der Waals surface area (Å²) in [6.45, 7) is 1.66. The van der Waals surface area contributed by atoms with Crippen LogP contribution in [-0.2, 0) is 4.79 Å². The summed E-state index contributed by atoms with van der Waals surface area (Å²) < 4.78 is 5.09. The first-order chi connectivity index (χ1) is 9.61. The first kappa shape index (κ1) is 14.3. The molecule has 0 radical (unpaired) electrons. The number of non-ortho nitro benzene ring substituents is 1. The van der Waals surface area contributed by atoms with Gasteiger partial charge in [-0.05, 0) is 32.0 Å². The van der Waals surface area contributed by atoms with E-state index in [2.05, 4.69) is 10.6 Å². The Kier molecular flexibility index (Phi) is 4.52. The van der Waals surface area contributed by atoms with Crippen LogP contribution < -0.4 is 15.4 Å². The number of carbonyl (C=O) groups is 1. The highest BCUT2D eigenvalue weighted by molar-refractivity contribution is 5.94.